The van der Waals surface area contributed by atoms with Gasteiger partial charge in [0.2, 0.25) is 16.0 Å². The van der Waals surface area contributed by atoms with Crippen LogP contribution in [-0.2, 0) is 19.6 Å². The van der Waals surface area contributed by atoms with Crippen molar-refractivity contribution >= 4 is 33.5 Å². The quantitative estimate of drug-likeness (QED) is 0.533. The summed E-state index contributed by atoms with van der Waals surface area (Å²) in [4.78, 5) is 26.6. The van der Waals surface area contributed by atoms with Gasteiger partial charge >= 0.3 is 11.8 Å². The zero-order valence-corrected chi connectivity index (χ0v) is 11.2. The molecule has 0 aliphatic carbocycles. The number of hydrogen-bond acceptors (Lipinski definition) is 6. The summed E-state index contributed by atoms with van der Waals surface area (Å²) in [5.41, 5.74) is 0.236. The van der Waals surface area contributed by atoms with Crippen LogP contribution >= 0.6 is 0 Å². The van der Waals surface area contributed by atoms with Gasteiger partial charge < -0.3 is 5.32 Å². The third kappa shape index (κ3) is 3.84. The van der Waals surface area contributed by atoms with Gasteiger partial charge in [0.25, 0.3) is 0 Å². The van der Waals surface area contributed by atoms with Crippen LogP contribution < -0.4 is 15.8 Å². The summed E-state index contributed by atoms with van der Waals surface area (Å²) >= 11 is 0. The lowest BCUT2D eigenvalue weighted by atomic mass is 10.3. The summed E-state index contributed by atoms with van der Waals surface area (Å²) in [5, 5.41) is 15.3. The van der Waals surface area contributed by atoms with Gasteiger partial charge in [0.15, 0.2) is 0 Å². The van der Waals surface area contributed by atoms with Gasteiger partial charge in [0.05, 0.1) is 4.90 Å². The van der Waals surface area contributed by atoms with E-state index in [9.17, 15) is 18.0 Å². The summed E-state index contributed by atoms with van der Waals surface area (Å²) in [6, 6.07) is 5.03. The molecule has 1 heterocycles. The first-order chi connectivity index (χ1) is 9.86. The Hall–Kier alpha value is -2.79. The number of carbonyl (C=O) groups excluding carboxylic acids is 2. The van der Waals surface area contributed by atoms with Gasteiger partial charge in [-0.15, -0.1) is 0 Å². The fourth-order valence-corrected chi connectivity index (χ4v) is 1.86. The van der Waals surface area contributed by atoms with E-state index in [1.54, 1.807) is 0 Å². The molecule has 5 N–H and O–H groups in total. The molecule has 0 radical (unpaired) electrons. The van der Waals surface area contributed by atoms with Gasteiger partial charge in [-0.05, 0) is 24.3 Å². The number of primary sulfonamides is 1. The fraction of sp³-hybridized carbons (Fsp3) is 0. The van der Waals surface area contributed by atoms with Crippen LogP contribution in [0.4, 0.5) is 11.6 Å². The number of aromatic nitrogens is 3. The van der Waals surface area contributed by atoms with E-state index in [0.717, 1.165) is 0 Å². The SMILES string of the molecule is NS(=O)(=O)c1ccc(NC(=O)C(=O)Nc2ncn[nH]2)cc1. The highest BCUT2D eigenvalue weighted by Gasteiger charge is 2.15. The normalized spacial score (nSPS) is 10.9. The molecule has 0 bridgehead atoms. The number of amides is 2. The predicted octanol–water partition coefficient (Wildman–Crippen LogP) is -0.971. The zero-order valence-electron chi connectivity index (χ0n) is 10.4. The maximum Gasteiger partial charge on any atom is 0.316 e. The summed E-state index contributed by atoms with van der Waals surface area (Å²) in [6.07, 6.45) is 1.17. The highest BCUT2D eigenvalue weighted by molar-refractivity contribution is 7.89. The standard InChI is InChI=1S/C10H10N6O4S/c11-21(19,20)7-3-1-6(2-4-7)14-8(17)9(18)15-10-12-5-13-16-10/h1-5H,(H,14,17)(H2,11,19,20)(H2,12,13,15,16,18). The maximum atomic E-state index is 11.6. The molecule has 0 spiro atoms. The van der Waals surface area contributed by atoms with E-state index in [1.165, 1.54) is 30.6 Å². The molecule has 11 heteroatoms. The van der Waals surface area contributed by atoms with Crippen molar-refractivity contribution in [1.29, 1.82) is 0 Å². The molecule has 110 valence electrons. The van der Waals surface area contributed by atoms with Crippen LogP contribution in [0.2, 0.25) is 0 Å². The molecule has 0 saturated carbocycles. The number of sulfonamides is 1. The number of nitrogens with one attached hydrogen (secondary N) is 3. The summed E-state index contributed by atoms with van der Waals surface area (Å²) in [6.45, 7) is 0. The van der Waals surface area contributed by atoms with Gasteiger partial charge in [-0.2, -0.15) is 10.1 Å². The number of carbonyl (C=O) groups is 2. The average Bonchev–Trinajstić information content (AvgIpc) is 2.91. The minimum absolute atomic E-state index is 0.0275. The van der Waals surface area contributed by atoms with E-state index >= 15 is 0 Å². The molecule has 10 nitrogen and oxygen atoms in total. The minimum atomic E-state index is -3.81. The van der Waals surface area contributed by atoms with Crippen LogP contribution in [0.25, 0.3) is 0 Å². The van der Waals surface area contributed by atoms with E-state index in [-0.39, 0.29) is 16.5 Å². The molecule has 0 fully saturated rings. The Balaban J connectivity index is 2.01. The number of benzene rings is 1. The van der Waals surface area contributed by atoms with E-state index in [4.69, 9.17) is 5.14 Å². The van der Waals surface area contributed by atoms with E-state index in [1.807, 2.05) is 0 Å². The molecule has 21 heavy (non-hydrogen) atoms. The van der Waals surface area contributed by atoms with Crippen molar-refractivity contribution in [3.63, 3.8) is 0 Å². The summed E-state index contributed by atoms with van der Waals surface area (Å²) in [5.74, 6) is -1.88. The van der Waals surface area contributed by atoms with Crippen LogP contribution in [-0.4, -0.2) is 35.4 Å². The molecule has 2 aromatic rings. The topological polar surface area (TPSA) is 160 Å². The van der Waals surface area contributed by atoms with Crippen molar-refractivity contribution in [2.24, 2.45) is 5.14 Å². The number of hydrogen-bond donors (Lipinski definition) is 4. The Morgan fingerprint density at radius 1 is 1.10 bits per heavy atom. The van der Waals surface area contributed by atoms with Gasteiger partial charge in [0, 0.05) is 5.69 Å². The highest BCUT2D eigenvalue weighted by atomic mass is 32.2. The molecular weight excluding hydrogens is 300 g/mol. The molecule has 1 aromatic heterocycles. The Morgan fingerprint density at radius 2 is 1.71 bits per heavy atom. The lowest BCUT2D eigenvalue weighted by Gasteiger charge is -2.05. The third-order valence-corrected chi connectivity index (χ3v) is 3.22. The second-order valence-electron chi connectivity index (χ2n) is 3.81. The molecule has 0 unspecified atom stereocenters. The van der Waals surface area contributed by atoms with Crippen LogP contribution in [0, 0.1) is 0 Å². The molecule has 1 aromatic carbocycles. The largest absolute Gasteiger partial charge is 0.318 e. The first-order valence-electron chi connectivity index (χ1n) is 5.47. The van der Waals surface area contributed by atoms with Gasteiger partial charge in [-0.1, -0.05) is 0 Å². The predicted molar refractivity (Wildman–Crippen MR) is 71.5 cm³/mol. The second-order valence-corrected chi connectivity index (χ2v) is 5.37. The second kappa shape index (κ2) is 5.68. The smallest absolute Gasteiger partial charge is 0.316 e. The van der Waals surface area contributed by atoms with Gasteiger partial charge in [0.1, 0.15) is 6.33 Å². The number of H-pyrrole nitrogens is 1. The molecule has 0 saturated heterocycles. The number of nitrogens with zero attached hydrogens (tertiary/aromatic N) is 2. The summed E-state index contributed by atoms with van der Waals surface area (Å²) in [7, 11) is -3.81. The molecule has 0 aliphatic rings. The van der Waals surface area contributed by atoms with Crippen molar-refractivity contribution in [3.05, 3.63) is 30.6 Å². The van der Waals surface area contributed by atoms with Gasteiger partial charge in [-0.25, -0.2) is 18.7 Å². The lowest BCUT2D eigenvalue weighted by Crippen LogP contribution is -2.29. The highest BCUT2D eigenvalue weighted by Crippen LogP contribution is 2.12. The van der Waals surface area contributed by atoms with Crippen LogP contribution in [0.1, 0.15) is 0 Å². The Bertz CT molecular complexity index is 753. The van der Waals surface area contributed by atoms with Crippen molar-refractivity contribution in [2.45, 2.75) is 4.90 Å². The number of nitrogens with two attached hydrogens (primary N) is 1. The minimum Gasteiger partial charge on any atom is -0.318 e. The number of rotatable bonds is 3. The maximum absolute atomic E-state index is 11.6. The Kier molecular flexibility index (Phi) is 3.95. The van der Waals surface area contributed by atoms with Crippen LogP contribution in [0.3, 0.4) is 0 Å². The Labute approximate surface area is 118 Å². The molecule has 2 amide bonds. The molecule has 2 rings (SSSR count). The first-order valence-corrected chi connectivity index (χ1v) is 7.01. The van der Waals surface area contributed by atoms with Crippen molar-refractivity contribution in [1.82, 2.24) is 15.2 Å². The molecule has 0 aliphatic heterocycles. The average molecular weight is 310 g/mol. The fourth-order valence-electron chi connectivity index (χ4n) is 1.35. The molecule has 0 atom stereocenters. The van der Waals surface area contributed by atoms with Crippen LogP contribution in [0.15, 0.2) is 35.5 Å². The zero-order chi connectivity index (χ0) is 15.5. The van der Waals surface area contributed by atoms with E-state index in [0.29, 0.717) is 0 Å². The van der Waals surface area contributed by atoms with E-state index in [2.05, 4.69) is 25.8 Å². The monoisotopic (exact) mass is 310 g/mol. The lowest BCUT2D eigenvalue weighted by molar-refractivity contribution is -0.133. The third-order valence-electron chi connectivity index (χ3n) is 2.29. The van der Waals surface area contributed by atoms with Crippen LogP contribution in [0.5, 0.6) is 0 Å². The first kappa shape index (κ1) is 14.6. The summed E-state index contributed by atoms with van der Waals surface area (Å²) < 4.78 is 22.1. The van der Waals surface area contributed by atoms with Crippen molar-refractivity contribution in [3.8, 4) is 0 Å². The van der Waals surface area contributed by atoms with Crippen molar-refractivity contribution < 1.29 is 18.0 Å². The van der Waals surface area contributed by atoms with Crippen molar-refractivity contribution in [2.75, 3.05) is 10.6 Å². The van der Waals surface area contributed by atoms with E-state index < -0.39 is 21.8 Å². The molecular formula is C10H10N6O4S. The Morgan fingerprint density at radius 3 is 2.24 bits per heavy atom. The van der Waals surface area contributed by atoms with Gasteiger partial charge in [-0.3, -0.25) is 14.9 Å². The number of aromatic amines is 1. The number of anilines is 2.